The summed E-state index contributed by atoms with van der Waals surface area (Å²) in [6.45, 7) is 0. The number of nitrogen functional groups attached to an aromatic ring is 2. The van der Waals surface area contributed by atoms with Crippen LogP contribution in [0.2, 0.25) is 0 Å². The largest absolute Gasteiger partial charge is 0.504 e. The Morgan fingerprint density at radius 3 is 2.63 bits per heavy atom. The first-order valence-electron chi connectivity index (χ1n) is 5.54. The smallest absolute Gasteiger partial charge is 0.245 e. The maximum absolute atomic E-state index is 9.49. The maximum Gasteiger partial charge on any atom is 0.245 e. The van der Waals surface area contributed by atoms with E-state index in [-0.39, 0.29) is 11.5 Å². The molecule has 1 aromatic carbocycles. The first kappa shape index (κ1) is 11.1. The molecule has 0 radical (unpaired) electrons. The molecule has 0 amide bonds. The Labute approximate surface area is 107 Å². The van der Waals surface area contributed by atoms with Gasteiger partial charge >= 0.3 is 0 Å². The number of pyridine rings is 1. The molecule has 0 aliphatic carbocycles. The number of H-pyrrole nitrogens is 2. The number of anilines is 2. The standard InChI is InChI=1S/C12H11N5O2/c13-9-4-6-10(11(14)16-9)17-12(15-6)5-1-2-7(18)8(19)3-5/h1-4,18-19H,(H,15,17)(H4,13,14,16)/p+1. The van der Waals surface area contributed by atoms with Crippen molar-refractivity contribution in [1.82, 2.24) is 9.97 Å². The van der Waals surface area contributed by atoms with E-state index in [1.165, 1.54) is 12.1 Å². The Kier molecular flexibility index (Phi) is 2.21. The second kappa shape index (κ2) is 3.77. The van der Waals surface area contributed by atoms with E-state index in [4.69, 9.17) is 11.5 Å². The van der Waals surface area contributed by atoms with E-state index in [0.29, 0.717) is 34.1 Å². The van der Waals surface area contributed by atoms with Gasteiger partial charge in [0.25, 0.3) is 0 Å². The molecule has 3 aromatic rings. The second-order valence-corrected chi connectivity index (χ2v) is 4.19. The van der Waals surface area contributed by atoms with Crippen molar-refractivity contribution < 1.29 is 15.2 Å². The maximum atomic E-state index is 9.49. The Balaban J connectivity index is 2.20. The van der Waals surface area contributed by atoms with E-state index in [1.807, 2.05) is 0 Å². The lowest BCUT2D eigenvalue weighted by Crippen LogP contribution is -2.15. The van der Waals surface area contributed by atoms with E-state index < -0.39 is 0 Å². The lowest BCUT2D eigenvalue weighted by Gasteiger charge is -1.99. The van der Waals surface area contributed by atoms with Gasteiger partial charge in [0.2, 0.25) is 11.6 Å². The zero-order valence-corrected chi connectivity index (χ0v) is 9.81. The molecular weight excluding hydrogens is 246 g/mol. The molecule has 8 N–H and O–H groups in total. The molecule has 2 heterocycles. The summed E-state index contributed by atoms with van der Waals surface area (Å²) in [5, 5.41) is 18.8. The molecule has 19 heavy (non-hydrogen) atoms. The molecule has 0 bridgehead atoms. The summed E-state index contributed by atoms with van der Waals surface area (Å²) < 4.78 is 0. The van der Waals surface area contributed by atoms with Crippen molar-refractivity contribution in [2.24, 2.45) is 0 Å². The predicted molar refractivity (Wildman–Crippen MR) is 70.2 cm³/mol. The van der Waals surface area contributed by atoms with E-state index in [9.17, 15) is 10.2 Å². The van der Waals surface area contributed by atoms with Gasteiger partial charge in [-0.2, -0.15) is 0 Å². The molecular formula is C12H12N5O2+. The van der Waals surface area contributed by atoms with Gasteiger partial charge in [0.1, 0.15) is 5.82 Å². The molecule has 3 rings (SSSR count). The topological polar surface area (TPSA) is 135 Å². The number of benzene rings is 1. The number of aromatic amines is 2. The molecule has 0 aliphatic rings. The Bertz CT molecular complexity index is 781. The highest BCUT2D eigenvalue weighted by Gasteiger charge is 2.13. The van der Waals surface area contributed by atoms with Crippen LogP contribution in [0.5, 0.6) is 11.5 Å². The van der Waals surface area contributed by atoms with Crippen molar-refractivity contribution >= 4 is 22.7 Å². The van der Waals surface area contributed by atoms with Crippen LogP contribution in [0, 0.1) is 0 Å². The van der Waals surface area contributed by atoms with Gasteiger partial charge in [-0.1, -0.05) is 0 Å². The molecule has 0 unspecified atom stereocenters. The third-order valence-electron chi connectivity index (χ3n) is 2.81. The number of aromatic nitrogens is 3. The van der Waals surface area contributed by atoms with Crippen molar-refractivity contribution in [3.63, 3.8) is 0 Å². The van der Waals surface area contributed by atoms with Crippen LogP contribution in [-0.4, -0.2) is 20.2 Å². The summed E-state index contributed by atoms with van der Waals surface area (Å²) >= 11 is 0. The van der Waals surface area contributed by atoms with Gasteiger partial charge in [0.15, 0.2) is 17.0 Å². The minimum atomic E-state index is -0.211. The number of hydrogen-bond donors (Lipinski definition) is 5. The monoisotopic (exact) mass is 258 g/mol. The molecule has 0 atom stereocenters. The third-order valence-corrected chi connectivity index (χ3v) is 2.81. The van der Waals surface area contributed by atoms with Gasteiger partial charge in [-0.25, -0.2) is 9.97 Å². The third kappa shape index (κ3) is 1.77. The van der Waals surface area contributed by atoms with Crippen molar-refractivity contribution in [3.05, 3.63) is 24.3 Å². The first-order chi connectivity index (χ1) is 9.04. The summed E-state index contributed by atoms with van der Waals surface area (Å²) in [6.07, 6.45) is 0. The second-order valence-electron chi connectivity index (χ2n) is 4.19. The van der Waals surface area contributed by atoms with Crippen LogP contribution in [-0.2, 0) is 0 Å². The molecule has 0 saturated heterocycles. The van der Waals surface area contributed by atoms with Gasteiger partial charge in [0, 0.05) is 11.6 Å². The van der Waals surface area contributed by atoms with Crippen LogP contribution in [0.15, 0.2) is 24.3 Å². The fraction of sp³-hybridized carbons (Fsp3) is 0. The van der Waals surface area contributed by atoms with Crippen LogP contribution in [0.4, 0.5) is 11.6 Å². The highest BCUT2D eigenvalue weighted by atomic mass is 16.3. The lowest BCUT2D eigenvalue weighted by molar-refractivity contribution is -0.340. The quantitative estimate of drug-likeness (QED) is 0.408. The summed E-state index contributed by atoms with van der Waals surface area (Å²) in [4.78, 5) is 10.2. The highest BCUT2D eigenvalue weighted by molar-refractivity contribution is 5.87. The van der Waals surface area contributed by atoms with Gasteiger partial charge < -0.3 is 26.7 Å². The molecule has 2 aromatic heterocycles. The summed E-state index contributed by atoms with van der Waals surface area (Å²) in [5.41, 5.74) is 13.3. The number of imidazole rings is 1. The van der Waals surface area contributed by atoms with Gasteiger partial charge in [-0.3, -0.25) is 0 Å². The van der Waals surface area contributed by atoms with Gasteiger partial charge in [-0.15, -0.1) is 0 Å². The fourth-order valence-electron chi connectivity index (χ4n) is 1.91. The number of nitrogens with two attached hydrogens (primary N) is 2. The van der Waals surface area contributed by atoms with Gasteiger partial charge in [0.05, 0.1) is 5.52 Å². The fourth-order valence-corrected chi connectivity index (χ4v) is 1.91. The summed E-state index contributed by atoms with van der Waals surface area (Å²) in [7, 11) is 0. The Morgan fingerprint density at radius 2 is 1.89 bits per heavy atom. The number of phenols is 2. The van der Waals surface area contributed by atoms with Crippen LogP contribution >= 0.6 is 0 Å². The van der Waals surface area contributed by atoms with Crippen molar-refractivity contribution in [1.29, 1.82) is 0 Å². The summed E-state index contributed by atoms with van der Waals surface area (Å²) in [6, 6.07) is 6.12. The Morgan fingerprint density at radius 1 is 1.11 bits per heavy atom. The lowest BCUT2D eigenvalue weighted by atomic mass is 10.2. The van der Waals surface area contributed by atoms with E-state index in [2.05, 4.69) is 15.0 Å². The SMILES string of the molecule is Nc1cc2[nH]c(-c3ccc(O)c(O)c3)nc2c(N)[nH+]1. The number of hydrogen-bond acceptors (Lipinski definition) is 5. The number of fused-ring (bicyclic) bond motifs is 1. The molecule has 0 spiro atoms. The highest BCUT2D eigenvalue weighted by Crippen LogP contribution is 2.30. The van der Waals surface area contributed by atoms with Crippen molar-refractivity contribution in [2.75, 3.05) is 11.5 Å². The molecule has 0 saturated carbocycles. The van der Waals surface area contributed by atoms with Crippen LogP contribution in [0.25, 0.3) is 22.4 Å². The Hall–Kier alpha value is -2.96. The molecule has 0 fully saturated rings. The summed E-state index contributed by atoms with van der Waals surface area (Å²) in [5.74, 6) is 0.916. The normalized spacial score (nSPS) is 10.9. The van der Waals surface area contributed by atoms with Crippen LogP contribution < -0.4 is 16.5 Å². The zero-order valence-electron chi connectivity index (χ0n) is 9.81. The average Bonchev–Trinajstić information content (AvgIpc) is 2.76. The first-order valence-corrected chi connectivity index (χ1v) is 5.54. The minimum absolute atomic E-state index is 0.183. The number of nitrogens with zero attached hydrogens (tertiary/aromatic N) is 1. The predicted octanol–water partition coefficient (Wildman–Crippen LogP) is 0.620. The van der Waals surface area contributed by atoms with Crippen LogP contribution in [0.1, 0.15) is 0 Å². The molecule has 7 nitrogen and oxygen atoms in total. The van der Waals surface area contributed by atoms with Gasteiger partial charge in [-0.05, 0) is 18.2 Å². The number of aromatic hydroxyl groups is 2. The number of phenolic OH excluding ortho intramolecular Hbond substituents is 2. The minimum Gasteiger partial charge on any atom is -0.504 e. The number of rotatable bonds is 1. The van der Waals surface area contributed by atoms with Crippen LogP contribution in [0.3, 0.4) is 0 Å². The zero-order chi connectivity index (χ0) is 13.6. The molecule has 0 aliphatic heterocycles. The number of nitrogens with one attached hydrogen (secondary N) is 2. The van der Waals surface area contributed by atoms with Crippen molar-refractivity contribution in [2.45, 2.75) is 0 Å². The van der Waals surface area contributed by atoms with E-state index in [1.54, 1.807) is 12.1 Å². The van der Waals surface area contributed by atoms with Crippen molar-refractivity contribution in [3.8, 4) is 22.9 Å². The van der Waals surface area contributed by atoms with E-state index >= 15 is 0 Å². The molecule has 96 valence electrons. The molecule has 7 heteroatoms. The average molecular weight is 258 g/mol. The van der Waals surface area contributed by atoms with E-state index in [0.717, 1.165) is 0 Å².